The molecule has 1 aliphatic rings. The fraction of sp³-hybridized carbons (Fsp3) is 0.176. The number of imide groups is 1. The van der Waals surface area contributed by atoms with E-state index in [-0.39, 0.29) is 18.3 Å². The highest BCUT2D eigenvalue weighted by atomic mass is 32.1. The Bertz CT molecular complexity index is 923. The first-order valence-corrected chi connectivity index (χ1v) is 8.52. The van der Waals surface area contributed by atoms with Crippen LogP contribution >= 0.6 is 11.3 Å². The van der Waals surface area contributed by atoms with E-state index >= 15 is 0 Å². The third kappa shape index (κ3) is 2.60. The average Bonchev–Trinajstić information content (AvgIpc) is 3.34. The Labute approximate surface area is 147 Å². The van der Waals surface area contributed by atoms with Crippen LogP contribution in [0.4, 0.5) is 4.79 Å². The highest BCUT2D eigenvalue weighted by molar-refractivity contribution is 7.10. The van der Waals surface area contributed by atoms with Crippen molar-refractivity contribution in [3.05, 3.63) is 58.6 Å². The number of benzene rings is 1. The minimum Gasteiger partial charge on any atom is -0.419 e. The van der Waals surface area contributed by atoms with Crippen molar-refractivity contribution in [2.45, 2.75) is 19.0 Å². The summed E-state index contributed by atoms with van der Waals surface area (Å²) in [7, 11) is 0. The van der Waals surface area contributed by atoms with Crippen LogP contribution in [0.25, 0.3) is 11.5 Å². The minimum atomic E-state index is -1.06. The molecule has 1 aromatic carbocycles. The number of rotatable bonds is 4. The van der Waals surface area contributed by atoms with Crippen LogP contribution in [0.15, 0.2) is 52.3 Å². The van der Waals surface area contributed by atoms with Gasteiger partial charge in [-0.05, 0) is 30.5 Å². The molecule has 4 rings (SSSR count). The Kier molecular flexibility index (Phi) is 3.61. The van der Waals surface area contributed by atoms with Crippen molar-refractivity contribution in [2.24, 2.45) is 0 Å². The smallest absolute Gasteiger partial charge is 0.325 e. The zero-order valence-corrected chi connectivity index (χ0v) is 14.1. The van der Waals surface area contributed by atoms with E-state index in [0.29, 0.717) is 5.89 Å². The second-order valence-electron chi connectivity index (χ2n) is 5.79. The van der Waals surface area contributed by atoms with Crippen LogP contribution in [0, 0.1) is 0 Å². The van der Waals surface area contributed by atoms with Gasteiger partial charge in [0.25, 0.3) is 5.91 Å². The van der Waals surface area contributed by atoms with Crippen LogP contribution in [-0.2, 0) is 16.9 Å². The van der Waals surface area contributed by atoms with Gasteiger partial charge in [-0.15, -0.1) is 21.5 Å². The number of hydrogen-bond donors (Lipinski definition) is 1. The molecule has 0 spiro atoms. The summed E-state index contributed by atoms with van der Waals surface area (Å²) in [5.74, 6) is 0.223. The van der Waals surface area contributed by atoms with Gasteiger partial charge in [-0.25, -0.2) is 4.79 Å². The van der Waals surface area contributed by atoms with Gasteiger partial charge in [0.1, 0.15) is 6.54 Å². The number of amides is 3. The predicted molar refractivity (Wildman–Crippen MR) is 90.5 cm³/mol. The fourth-order valence-corrected chi connectivity index (χ4v) is 3.56. The van der Waals surface area contributed by atoms with Crippen LogP contribution in [0.5, 0.6) is 0 Å². The van der Waals surface area contributed by atoms with E-state index in [9.17, 15) is 9.59 Å². The quantitative estimate of drug-likeness (QED) is 0.728. The predicted octanol–water partition coefficient (Wildman–Crippen LogP) is 2.77. The van der Waals surface area contributed by atoms with Gasteiger partial charge in [0.15, 0.2) is 5.54 Å². The maximum absolute atomic E-state index is 12.8. The lowest BCUT2D eigenvalue weighted by atomic mass is 10.0. The molecule has 1 atom stereocenters. The van der Waals surface area contributed by atoms with Crippen molar-refractivity contribution >= 4 is 23.3 Å². The van der Waals surface area contributed by atoms with Crippen LogP contribution < -0.4 is 5.32 Å². The Morgan fingerprint density at radius 2 is 1.96 bits per heavy atom. The zero-order chi connectivity index (χ0) is 17.4. The molecule has 3 aromatic rings. The first-order chi connectivity index (χ1) is 12.1. The van der Waals surface area contributed by atoms with Gasteiger partial charge < -0.3 is 9.73 Å². The standard InChI is InChI=1S/C17H14N4O3S/c1-17(12-8-5-9-25-12)15(22)21(16(23)18-17)10-13-19-20-14(24-13)11-6-3-2-4-7-11/h2-9H,10H2,1H3,(H,18,23). The molecule has 8 heteroatoms. The van der Waals surface area contributed by atoms with Gasteiger partial charge in [-0.2, -0.15) is 0 Å². The van der Waals surface area contributed by atoms with Crippen molar-refractivity contribution in [3.8, 4) is 11.5 Å². The molecule has 3 amide bonds. The molecule has 25 heavy (non-hydrogen) atoms. The van der Waals surface area contributed by atoms with Gasteiger partial charge in [-0.3, -0.25) is 9.69 Å². The number of carbonyl (C=O) groups excluding carboxylic acids is 2. The minimum absolute atomic E-state index is 0.0640. The molecule has 126 valence electrons. The molecule has 2 aromatic heterocycles. The summed E-state index contributed by atoms with van der Waals surface area (Å²) < 4.78 is 5.59. The van der Waals surface area contributed by atoms with Crippen LogP contribution in [0.1, 0.15) is 17.7 Å². The number of urea groups is 1. The van der Waals surface area contributed by atoms with Crippen molar-refractivity contribution in [2.75, 3.05) is 0 Å². The summed E-state index contributed by atoms with van der Waals surface area (Å²) >= 11 is 1.42. The number of nitrogens with one attached hydrogen (secondary N) is 1. The second-order valence-corrected chi connectivity index (χ2v) is 6.74. The number of carbonyl (C=O) groups is 2. The highest BCUT2D eigenvalue weighted by Gasteiger charge is 2.50. The number of aromatic nitrogens is 2. The third-order valence-corrected chi connectivity index (χ3v) is 5.16. The zero-order valence-electron chi connectivity index (χ0n) is 13.3. The number of nitrogens with zero attached hydrogens (tertiary/aromatic N) is 3. The largest absolute Gasteiger partial charge is 0.419 e. The van der Waals surface area contributed by atoms with Crippen molar-refractivity contribution in [1.82, 2.24) is 20.4 Å². The summed E-state index contributed by atoms with van der Waals surface area (Å²) in [6.45, 7) is 1.63. The maximum atomic E-state index is 12.8. The lowest BCUT2D eigenvalue weighted by Crippen LogP contribution is -2.40. The van der Waals surface area contributed by atoms with E-state index in [0.717, 1.165) is 15.3 Å². The molecule has 3 heterocycles. The third-order valence-electron chi connectivity index (χ3n) is 4.07. The Hall–Kier alpha value is -3.00. The number of thiophene rings is 1. The van der Waals surface area contributed by atoms with Gasteiger partial charge in [-0.1, -0.05) is 24.3 Å². The fourth-order valence-electron chi connectivity index (χ4n) is 2.72. The van der Waals surface area contributed by atoms with Crippen LogP contribution in [0.3, 0.4) is 0 Å². The summed E-state index contributed by atoms with van der Waals surface area (Å²) in [5.41, 5.74) is -0.282. The Morgan fingerprint density at radius 1 is 1.16 bits per heavy atom. The first kappa shape index (κ1) is 15.5. The molecular weight excluding hydrogens is 340 g/mol. The highest BCUT2D eigenvalue weighted by Crippen LogP contribution is 2.32. The van der Waals surface area contributed by atoms with Crippen LogP contribution in [-0.4, -0.2) is 27.0 Å². The summed E-state index contributed by atoms with van der Waals surface area (Å²) in [6.07, 6.45) is 0. The molecule has 1 aliphatic heterocycles. The lowest BCUT2D eigenvalue weighted by molar-refractivity contribution is -0.131. The monoisotopic (exact) mass is 354 g/mol. The van der Waals surface area contributed by atoms with Gasteiger partial charge in [0, 0.05) is 10.4 Å². The van der Waals surface area contributed by atoms with E-state index in [4.69, 9.17) is 4.42 Å². The van der Waals surface area contributed by atoms with Crippen LogP contribution in [0.2, 0.25) is 0 Å². The van der Waals surface area contributed by atoms with Gasteiger partial charge >= 0.3 is 6.03 Å². The number of hydrogen-bond acceptors (Lipinski definition) is 6. The molecule has 0 aliphatic carbocycles. The van der Waals surface area contributed by atoms with E-state index < -0.39 is 11.6 Å². The molecule has 7 nitrogen and oxygen atoms in total. The Balaban J connectivity index is 1.56. The molecular formula is C17H14N4O3S. The molecule has 0 saturated carbocycles. The molecule has 1 unspecified atom stereocenters. The topological polar surface area (TPSA) is 88.3 Å². The molecule has 1 saturated heterocycles. The average molecular weight is 354 g/mol. The summed E-state index contributed by atoms with van der Waals surface area (Å²) in [4.78, 5) is 26.9. The van der Waals surface area contributed by atoms with Gasteiger partial charge in [0.2, 0.25) is 11.8 Å². The normalized spacial score (nSPS) is 20.1. The van der Waals surface area contributed by atoms with E-state index in [1.54, 1.807) is 6.92 Å². The molecule has 1 N–H and O–H groups in total. The molecule has 0 bridgehead atoms. The van der Waals surface area contributed by atoms with E-state index in [2.05, 4.69) is 15.5 Å². The Morgan fingerprint density at radius 3 is 2.68 bits per heavy atom. The lowest BCUT2D eigenvalue weighted by Gasteiger charge is -2.19. The SMILES string of the molecule is CC1(c2cccs2)NC(=O)N(Cc2nnc(-c3ccccc3)o2)C1=O. The first-order valence-electron chi connectivity index (χ1n) is 7.64. The van der Waals surface area contributed by atoms with Crippen molar-refractivity contribution in [3.63, 3.8) is 0 Å². The van der Waals surface area contributed by atoms with E-state index in [1.807, 2.05) is 47.8 Å². The molecule has 0 radical (unpaired) electrons. The maximum Gasteiger partial charge on any atom is 0.325 e. The van der Waals surface area contributed by atoms with Gasteiger partial charge in [0.05, 0.1) is 0 Å². The van der Waals surface area contributed by atoms with Crippen molar-refractivity contribution < 1.29 is 14.0 Å². The summed E-state index contributed by atoms with van der Waals surface area (Å²) in [5, 5.41) is 12.5. The van der Waals surface area contributed by atoms with E-state index in [1.165, 1.54) is 11.3 Å². The summed E-state index contributed by atoms with van der Waals surface area (Å²) in [6, 6.07) is 12.5. The van der Waals surface area contributed by atoms with Crippen molar-refractivity contribution in [1.29, 1.82) is 0 Å². The second kappa shape index (κ2) is 5.82. The molecule has 1 fully saturated rings.